The van der Waals surface area contributed by atoms with Crippen LogP contribution in [0.25, 0.3) is 0 Å². The Hall–Kier alpha value is -2.86. The first kappa shape index (κ1) is 19.5. The normalized spacial score (nSPS) is 11.8. The summed E-state index contributed by atoms with van der Waals surface area (Å²) >= 11 is 0. The van der Waals surface area contributed by atoms with Crippen molar-refractivity contribution in [3.8, 4) is 5.75 Å². The first-order valence-corrected chi connectivity index (χ1v) is 8.37. The van der Waals surface area contributed by atoms with E-state index in [-0.39, 0.29) is 12.3 Å². The summed E-state index contributed by atoms with van der Waals surface area (Å²) in [5.74, 6) is -1.39. The predicted molar refractivity (Wildman–Crippen MR) is 100 cm³/mol. The van der Waals surface area contributed by atoms with E-state index in [9.17, 15) is 14.7 Å². The van der Waals surface area contributed by atoms with Crippen LogP contribution in [0.5, 0.6) is 5.75 Å². The number of methoxy groups -OCH3 is 1. The molecular formula is C20H24N2O4. The molecule has 1 atom stereocenters. The minimum atomic E-state index is -0.977. The molecule has 2 aromatic carbocycles. The van der Waals surface area contributed by atoms with E-state index >= 15 is 0 Å². The van der Waals surface area contributed by atoms with Crippen LogP contribution in [-0.2, 0) is 16.1 Å². The number of carbonyl (C=O) groups excluding carboxylic acids is 1. The molecule has 0 spiro atoms. The second-order valence-electron chi connectivity index (χ2n) is 6.20. The number of anilines is 1. The van der Waals surface area contributed by atoms with Crippen molar-refractivity contribution in [3.63, 3.8) is 0 Å². The maximum atomic E-state index is 12.2. The summed E-state index contributed by atoms with van der Waals surface area (Å²) in [6.07, 6.45) is -0.0828. The fourth-order valence-corrected chi connectivity index (χ4v) is 2.68. The molecule has 0 unspecified atom stereocenters. The van der Waals surface area contributed by atoms with Gasteiger partial charge in [-0.1, -0.05) is 30.3 Å². The highest BCUT2D eigenvalue weighted by atomic mass is 16.5. The van der Waals surface area contributed by atoms with Crippen molar-refractivity contribution >= 4 is 17.6 Å². The van der Waals surface area contributed by atoms with E-state index in [1.165, 1.54) is 0 Å². The van der Waals surface area contributed by atoms with Crippen LogP contribution in [0.15, 0.2) is 54.6 Å². The molecule has 0 radical (unpaired) electrons. The standard InChI is InChI=1S/C20H24N2O4/c1-22(13-15-6-4-3-5-7-15)14-16(20(24)25)12-19(23)21-17-8-10-18(26-2)11-9-17/h3-11,16H,12-14H2,1-2H3,(H,21,23)(H,24,25)/t16-/m1/s1. The molecule has 0 saturated carbocycles. The molecule has 0 aliphatic carbocycles. The summed E-state index contributed by atoms with van der Waals surface area (Å²) in [5.41, 5.74) is 1.71. The molecule has 6 heteroatoms. The van der Waals surface area contributed by atoms with Crippen molar-refractivity contribution in [1.29, 1.82) is 0 Å². The summed E-state index contributed by atoms with van der Waals surface area (Å²) < 4.78 is 5.07. The van der Waals surface area contributed by atoms with E-state index < -0.39 is 11.9 Å². The summed E-state index contributed by atoms with van der Waals surface area (Å²) in [4.78, 5) is 25.6. The predicted octanol–water partition coefficient (Wildman–Crippen LogP) is 2.86. The third kappa shape index (κ3) is 6.22. The van der Waals surface area contributed by atoms with Gasteiger partial charge in [-0.2, -0.15) is 0 Å². The van der Waals surface area contributed by atoms with Gasteiger partial charge in [-0.25, -0.2) is 0 Å². The zero-order chi connectivity index (χ0) is 18.9. The van der Waals surface area contributed by atoms with Gasteiger partial charge in [0.15, 0.2) is 0 Å². The van der Waals surface area contributed by atoms with Gasteiger partial charge < -0.3 is 20.1 Å². The van der Waals surface area contributed by atoms with Crippen LogP contribution in [-0.4, -0.2) is 42.6 Å². The largest absolute Gasteiger partial charge is 0.497 e. The molecule has 0 bridgehead atoms. The summed E-state index contributed by atoms with van der Waals surface area (Å²) in [6.45, 7) is 0.922. The Morgan fingerprint density at radius 1 is 1.12 bits per heavy atom. The smallest absolute Gasteiger partial charge is 0.308 e. The van der Waals surface area contributed by atoms with Crippen LogP contribution in [0.2, 0.25) is 0 Å². The Kier molecular flexibility index (Phi) is 7.17. The SMILES string of the molecule is COc1ccc(NC(=O)C[C@H](CN(C)Cc2ccccc2)C(=O)O)cc1. The first-order chi connectivity index (χ1) is 12.5. The molecule has 2 aromatic rings. The van der Waals surface area contributed by atoms with Crippen LogP contribution in [0.3, 0.4) is 0 Å². The lowest BCUT2D eigenvalue weighted by Crippen LogP contribution is -2.33. The number of hydrogen-bond donors (Lipinski definition) is 2. The molecule has 6 nitrogen and oxygen atoms in total. The van der Waals surface area contributed by atoms with E-state index in [0.717, 1.165) is 5.56 Å². The second-order valence-corrected chi connectivity index (χ2v) is 6.20. The lowest BCUT2D eigenvalue weighted by atomic mass is 10.0. The van der Waals surface area contributed by atoms with Gasteiger partial charge in [0.2, 0.25) is 5.91 Å². The van der Waals surface area contributed by atoms with Gasteiger partial charge in [-0.3, -0.25) is 9.59 Å². The van der Waals surface area contributed by atoms with Gasteiger partial charge in [0.25, 0.3) is 0 Å². The van der Waals surface area contributed by atoms with Crippen LogP contribution in [0, 0.1) is 5.92 Å². The van der Waals surface area contributed by atoms with Crippen LogP contribution >= 0.6 is 0 Å². The Morgan fingerprint density at radius 3 is 2.35 bits per heavy atom. The molecule has 1 amide bonds. The van der Waals surface area contributed by atoms with Crippen molar-refractivity contribution in [3.05, 3.63) is 60.2 Å². The Bertz CT molecular complexity index is 716. The molecule has 0 fully saturated rings. The summed E-state index contributed by atoms with van der Waals surface area (Å²) in [7, 11) is 3.42. The maximum absolute atomic E-state index is 12.2. The number of carboxylic acid groups (broad SMARTS) is 1. The lowest BCUT2D eigenvalue weighted by Gasteiger charge is -2.21. The topological polar surface area (TPSA) is 78.9 Å². The number of carbonyl (C=O) groups is 2. The highest BCUT2D eigenvalue weighted by Crippen LogP contribution is 2.16. The number of nitrogens with one attached hydrogen (secondary N) is 1. The summed E-state index contributed by atoms with van der Waals surface area (Å²) in [6, 6.07) is 16.7. The average molecular weight is 356 g/mol. The number of benzene rings is 2. The number of hydrogen-bond acceptors (Lipinski definition) is 4. The average Bonchev–Trinajstić information content (AvgIpc) is 2.62. The molecule has 2 N–H and O–H groups in total. The van der Waals surface area contributed by atoms with Gasteiger partial charge >= 0.3 is 5.97 Å². The molecule has 2 rings (SSSR count). The summed E-state index contributed by atoms with van der Waals surface area (Å²) in [5, 5.41) is 12.2. The first-order valence-electron chi connectivity index (χ1n) is 8.37. The quantitative estimate of drug-likeness (QED) is 0.722. The highest BCUT2D eigenvalue weighted by molar-refractivity contribution is 5.93. The monoisotopic (exact) mass is 356 g/mol. The zero-order valence-electron chi connectivity index (χ0n) is 15.0. The minimum absolute atomic E-state index is 0.0828. The third-order valence-electron chi connectivity index (χ3n) is 3.98. The second kappa shape index (κ2) is 9.58. The number of carboxylic acids is 1. The van der Waals surface area contributed by atoms with Gasteiger partial charge in [0.1, 0.15) is 5.75 Å². The van der Waals surface area contributed by atoms with Crippen molar-refractivity contribution in [2.24, 2.45) is 5.92 Å². The zero-order valence-corrected chi connectivity index (χ0v) is 15.0. The molecule has 138 valence electrons. The molecule has 26 heavy (non-hydrogen) atoms. The maximum Gasteiger partial charge on any atom is 0.308 e. The molecule has 0 heterocycles. The van der Waals surface area contributed by atoms with Crippen LogP contribution in [0.1, 0.15) is 12.0 Å². The number of aliphatic carboxylic acids is 1. The number of nitrogens with zero attached hydrogens (tertiary/aromatic N) is 1. The van der Waals surface area contributed by atoms with Crippen molar-refractivity contribution in [1.82, 2.24) is 4.90 Å². The van der Waals surface area contributed by atoms with E-state index in [2.05, 4.69) is 5.32 Å². The Balaban J connectivity index is 1.89. The van der Waals surface area contributed by atoms with Crippen molar-refractivity contribution in [2.75, 3.05) is 26.0 Å². The lowest BCUT2D eigenvalue weighted by molar-refractivity contribution is -0.144. The number of amides is 1. The van der Waals surface area contributed by atoms with Gasteiger partial charge in [-0.15, -0.1) is 0 Å². The number of rotatable bonds is 9. The van der Waals surface area contributed by atoms with Crippen molar-refractivity contribution in [2.45, 2.75) is 13.0 Å². The van der Waals surface area contributed by atoms with E-state index in [1.807, 2.05) is 42.3 Å². The van der Waals surface area contributed by atoms with E-state index in [0.29, 0.717) is 24.5 Å². The van der Waals surface area contributed by atoms with Gasteiger partial charge in [0.05, 0.1) is 13.0 Å². The van der Waals surface area contributed by atoms with Crippen LogP contribution in [0.4, 0.5) is 5.69 Å². The van der Waals surface area contributed by atoms with E-state index in [4.69, 9.17) is 4.74 Å². The Morgan fingerprint density at radius 2 is 1.77 bits per heavy atom. The van der Waals surface area contributed by atoms with Gasteiger partial charge in [-0.05, 0) is 36.9 Å². The number of ether oxygens (including phenoxy) is 1. The third-order valence-corrected chi connectivity index (χ3v) is 3.98. The molecule has 0 saturated heterocycles. The van der Waals surface area contributed by atoms with E-state index in [1.54, 1.807) is 31.4 Å². The van der Waals surface area contributed by atoms with Gasteiger partial charge in [0, 0.05) is 25.2 Å². The fourth-order valence-electron chi connectivity index (χ4n) is 2.68. The molecule has 0 aliphatic heterocycles. The minimum Gasteiger partial charge on any atom is -0.497 e. The fraction of sp³-hybridized carbons (Fsp3) is 0.300. The Labute approximate surface area is 153 Å². The molecular weight excluding hydrogens is 332 g/mol. The molecule has 0 aromatic heterocycles. The molecule has 0 aliphatic rings. The van der Waals surface area contributed by atoms with Crippen molar-refractivity contribution < 1.29 is 19.4 Å². The highest BCUT2D eigenvalue weighted by Gasteiger charge is 2.23. The van der Waals surface area contributed by atoms with Crippen LogP contribution < -0.4 is 10.1 Å².